The average Bonchev–Trinajstić information content (AvgIpc) is 2.17. The minimum absolute atomic E-state index is 0.0339. The Labute approximate surface area is 85.8 Å². The molecule has 1 fully saturated rings. The second-order valence-electron chi connectivity index (χ2n) is 3.76. The van der Waals surface area contributed by atoms with Crippen LogP contribution in [0.25, 0.3) is 0 Å². The smallest absolute Gasteiger partial charge is 0.410 e. The third-order valence-corrected chi connectivity index (χ3v) is 2.28. The van der Waals surface area contributed by atoms with Gasteiger partial charge in [0.25, 0.3) is 0 Å². The highest BCUT2D eigenvalue weighted by atomic mass is 16.6. The van der Waals surface area contributed by atoms with Crippen molar-refractivity contribution in [2.75, 3.05) is 32.7 Å². The lowest BCUT2D eigenvalue weighted by atomic mass is 10.3. The fourth-order valence-corrected chi connectivity index (χ4v) is 1.43. The van der Waals surface area contributed by atoms with E-state index in [1.165, 1.54) is 0 Å². The Hall–Kier alpha value is -0.770. The first-order valence-corrected chi connectivity index (χ1v) is 5.10. The first-order valence-electron chi connectivity index (χ1n) is 5.10. The van der Waals surface area contributed by atoms with Crippen molar-refractivity contribution < 1.29 is 9.53 Å². The summed E-state index contributed by atoms with van der Waals surface area (Å²) in [5.41, 5.74) is 0. The van der Waals surface area contributed by atoms with Crippen molar-refractivity contribution in [2.24, 2.45) is 0 Å². The van der Waals surface area contributed by atoms with Crippen LogP contribution in [0.15, 0.2) is 0 Å². The second kappa shape index (κ2) is 5.20. The molecule has 14 heavy (non-hydrogen) atoms. The first kappa shape index (κ1) is 11.3. The van der Waals surface area contributed by atoms with Crippen molar-refractivity contribution in [3.63, 3.8) is 0 Å². The largest absolute Gasteiger partial charge is 0.447 e. The molecule has 0 aromatic carbocycles. The Morgan fingerprint density at radius 2 is 1.93 bits per heavy atom. The van der Waals surface area contributed by atoms with E-state index in [1.807, 2.05) is 13.8 Å². The SMILES string of the molecule is [CH2]CN1CCN(C(=O)OC(C)C)CC1. The van der Waals surface area contributed by atoms with Gasteiger partial charge >= 0.3 is 6.09 Å². The highest BCUT2D eigenvalue weighted by Gasteiger charge is 2.21. The summed E-state index contributed by atoms with van der Waals surface area (Å²) in [6.07, 6.45) is -0.225. The Morgan fingerprint density at radius 3 is 2.36 bits per heavy atom. The topological polar surface area (TPSA) is 32.8 Å². The average molecular weight is 199 g/mol. The third-order valence-electron chi connectivity index (χ3n) is 2.28. The summed E-state index contributed by atoms with van der Waals surface area (Å²) in [6.45, 7) is 11.7. The summed E-state index contributed by atoms with van der Waals surface area (Å²) in [7, 11) is 0. The zero-order chi connectivity index (χ0) is 10.6. The molecule has 1 aliphatic heterocycles. The number of hydrogen-bond donors (Lipinski definition) is 0. The molecule has 0 unspecified atom stereocenters. The van der Waals surface area contributed by atoms with Gasteiger partial charge in [-0.25, -0.2) is 4.79 Å². The highest BCUT2D eigenvalue weighted by Crippen LogP contribution is 2.04. The Balaban J connectivity index is 2.30. The van der Waals surface area contributed by atoms with Gasteiger partial charge in [0.2, 0.25) is 0 Å². The molecule has 0 aromatic heterocycles. The van der Waals surface area contributed by atoms with E-state index in [2.05, 4.69) is 11.8 Å². The van der Waals surface area contributed by atoms with Crippen molar-refractivity contribution >= 4 is 6.09 Å². The molecule has 0 N–H and O–H groups in total. The number of nitrogens with zero attached hydrogens (tertiary/aromatic N) is 2. The number of rotatable bonds is 2. The molecular weight excluding hydrogens is 180 g/mol. The first-order chi connectivity index (χ1) is 6.63. The predicted octanol–water partition coefficient (Wildman–Crippen LogP) is 0.983. The molecule has 1 amide bonds. The maximum Gasteiger partial charge on any atom is 0.410 e. The van der Waals surface area contributed by atoms with Crippen LogP contribution in [0, 0.1) is 6.92 Å². The highest BCUT2D eigenvalue weighted by molar-refractivity contribution is 5.67. The van der Waals surface area contributed by atoms with Gasteiger partial charge in [-0.2, -0.15) is 0 Å². The molecule has 1 aliphatic rings. The van der Waals surface area contributed by atoms with E-state index in [1.54, 1.807) is 4.90 Å². The van der Waals surface area contributed by atoms with Crippen LogP contribution < -0.4 is 0 Å². The molecule has 1 heterocycles. The van der Waals surface area contributed by atoms with E-state index >= 15 is 0 Å². The molecule has 4 heteroatoms. The Bertz CT molecular complexity index is 187. The number of carbonyl (C=O) groups excluding carboxylic acids is 1. The van der Waals surface area contributed by atoms with E-state index in [-0.39, 0.29) is 12.2 Å². The fraction of sp³-hybridized carbons (Fsp3) is 0.800. The molecule has 1 rings (SSSR count). The zero-order valence-electron chi connectivity index (χ0n) is 9.03. The monoisotopic (exact) mass is 199 g/mol. The van der Waals surface area contributed by atoms with Crippen LogP contribution in [0.5, 0.6) is 0 Å². The van der Waals surface area contributed by atoms with Crippen LogP contribution in [-0.2, 0) is 4.74 Å². The normalized spacial score (nSPS) is 18.7. The third kappa shape index (κ3) is 3.18. The number of carbonyl (C=O) groups is 1. The maximum atomic E-state index is 11.5. The lowest BCUT2D eigenvalue weighted by Crippen LogP contribution is -2.49. The molecule has 0 aliphatic carbocycles. The Morgan fingerprint density at radius 1 is 1.36 bits per heavy atom. The molecule has 4 nitrogen and oxygen atoms in total. The van der Waals surface area contributed by atoms with E-state index in [0.29, 0.717) is 0 Å². The molecule has 1 radical (unpaired) electrons. The summed E-state index contributed by atoms with van der Waals surface area (Å²) in [4.78, 5) is 15.5. The van der Waals surface area contributed by atoms with Gasteiger partial charge in [0.1, 0.15) is 0 Å². The van der Waals surface area contributed by atoms with Crippen molar-refractivity contribution in [3.05, 3.63) is 6.92 Å². The molecule has 0 bridgehead atoms. The standard InChI is InChI=1S/C10H19N2O2/c1-4-11-5-7-12(8-6-11)10(13)14-9(2)3/h9H,1,4-8H2,2-3H3. The van der Waals surface area contributed by atoms with Gasteiger partial charge in [-0.3, -0.25) is 4.90 Å². The molecule has 0 aromatic rings. The van der Waals surface area contributed by atoms with E-state index < -0.39 is 0 Å². The Kier molecular flexibility index (Phi) is 4.20. The summed E-state index contributed by atoms with van der Waals surface area (Å²) in [6, 6.07) is 0. The van der Waals surface area contributed by atoms with Crippen LogP contribution in [0.3, 0.4) is 0 Å². The summed E-state index contributed by atoms with van der Waals surface area (Å²) >= 11 is 0. The maximum absolute atomic E-state index is 11.5. The molecule has 0 spiro atoms. The summed E-state index contributed by atoms with van der Waals surface area (Å²) < 4.78 is 5.11. The van der Waals surface area contributed by atoms with E-state index in [9.17, 15) is 4.79 Å². The number of piperazine rings is 1. The number of ether oxygens (including phenoxy) is 1. The number of hydrogen-bond acceptors (Lipinski definition) is 3. The summed E-state index contributed by atoms with van der Waals surface area (Å²) in [5, 5.41) is 0. The van der Waals surface area contributed by atoms with Crippen molar-refractivity contribution in [1.82, 2.24) is 9.80 Å². The minimum atomic E-state index is -0.191. The van der Waals surface area contributed by atoms with Crippen LogP contribution in [0.4, 0.5) is 4.79 Å². The fourth-order valence-electron chi connectivity index (χ4n) is 1.43. The van der Waals surface area contributed by atoms with Crippen LogP contribution in [0.2, 0.25) is 0 Å². The van der Waals surface area contributed by atoms with E-state index in [4.69, 9.17) is 4.74 Å². The van der Waals surface area contributed by atoms with E-state index in [0.717, 1.165) is 32.7 Å². The molecule has 1 saturated heterocycles. The second-order valence-corrected chi connectivity index (χ2v) is 3.76. The molecule has 0 atom stereocenters. The van der Waals surface area contributed by atoms with Crippen molar-refractivity contribution in [2.45, 2.75) is 20.0 Å². The van der Waals surface area contributed by atoms with Crippen LogP contribution in [0.1, 0.15) is 13.8 Å². The lowest BCUT2D eigenvalue weighted by molar-refractivity contribution is 0.0590. The quantitative estimate of drug-likeness (QED) is 0.664. The lowest BCUT2D eigenvalue weighted by Gasteiger charge is -2.33. The molecular formula is C10H19N2O2. The van der Waals surface area contributed by atoms with Gasteiger partial charge in [0.15, 0.2) is 0 Å². The van der Waals surface area contributed by atoms with Crippen LogP contribution >= 0.6 is 0 Å². The minimum Gasteiger partial charge on any atom is -0.447 e. The van der Waals surface area contributed by atoms with Gasteiger partial charge < -0.3 is 9.64 Å². The van der Waals surface area contributed by atoms with Crippen LogP contribution in [-0.4, -0.2) is 54.7 Å². The van der Waals surface area contributed by atoms with Gasteiger partial charge in [-0.05, 0) is 27.3 Å². The molecule has 0 saturated carbocycles. The van der Waals surface area contributed by atoms with Gasteiger partial charge in [-0.1, -0.05) is 0 Å². The van der Waals surface area contributed by atoms with Gasteiger partial charge in [0.05, 0.1) is 6.10 Å². The zero-order valence-corrected chi connectivity index (χ0v) is 9.03. The van der Waals surface area contributed by atoms with Gasteiger partial charge in [0, 0.05) is 26.2 Å². The van der Waals surface area contributed by atoms with Gasteiger partial charge in [-0.15, -0.1) is 0 Å². The van der Waals surface area contributed by atoms with Crippen molar-refractivity contribution in [1.29, 1.82) is 0 Å². The predicted molar refractivity (Wildman–Crippen MR) is 55.0 cm³/mol. The number of amides is 1. The molecule has 81 valence electrons. The summed E-state index contributed by atoms with van der Waals surface area (Å²) in [5.74, 6) is 0. The van der Waals surface area contributed by atoms with Crippen molar-refractivity contribution in [3.8, 4) is 0 Å².